The van der Waals surface area contributed by atoms with Gasteiger partial charge in [-0.1, -0.05) is 52.0 Å². The van der Waals surface area contributed by atoms with E-state index in [1.165, 1.54) is 11.1 Å². The van der Waals surface area contributed by atoms with E-state index >= 15 is 0 Å². The molecule has 0 N–H and O–H groups in total. The third-order valence-electron chi connectivity index (χ3n) is 5.43. The average Bonchev–Trinajstić information content (AvgIpc) is 3.21. The first-order chi connectivity index (χ1) is 14.9. The van der Waals surface area contributed by atoms with E-state index in [0.29, 0.717) is 35.0 Å². The van der Waals surface area contributed by atoms with Crippen LogP contribution in [0.2, 0.25) is 0 Å². The number of benzene rings is 3. The highest BCUT2D eigenvalue weighted by Gasteiger charge is 2.12. The number of aromatic nitrogens is 1. The Kier molecular flexibility index (Phi) is 5.90. The van der Waals surface area contributed by atoms with Gasteiger partial charge in [0.05, 0.1) is 0 Å². The molecular weight excluding hydrogens is 384 g/mol. The van der Waals surface area contributed by atoms with Crippen molar-refractivity contribution in [3.63, 3.8) is 0 Å². The first-order valence-electron chi connectivity index (χ1n) is 10.7. The van der Waals surface area contributed by atoms with Crippen molar-refractivity contribution in [3.8, 4) is 17.2 Å². The van der Waals surface area contributed by atoms with Gasteiger partial charge in [-0.05, 0) is 59.4 Å². The van der Waals surface area contributed by atoms with E-state index in [2.05, 4.69) is 74.1 Å². The molecule has 1 heterocycles. The van der Waals surface area contributed by atoms with Crippen molar-refractivity contribution in [2.75, 3.05) is 7.05 Å². The van der Waals surface area contributed by atoms with Gasteiger partial charge in [0.25, 0.3) is 0 Å². The fourth-order valence-electron chi connectivity index (χ4n) is 3.46. The van der Waals surface area contributed by atoms with Gasteiger partial charge >= 0.3 is 0 Å². The van der Waals surface area contributed by atoms with Gasteiger partial charge in [-0.2, -0.15) is 0 Å². The van der Waals surface area contributed by atoms with Crippen molar-refractivity contribution in [3.05, 3.63) is 83.4 Å². The minimum absolute atomic E-state index is 0.488. The molecule has 0 aliphatic heterocycles. The van der Waals surface area contributed by atoms with Crippen LogP contribution in [-0.4, -0.2) is 17.9 Å². The Morgan fingerprint density at radius 1 is 0.839 bits per heavy atom. The van der Waals surface area contributed by atoms with E-state index in [0.717, 1.165) is 16.6 Å². The van der Waals surface area contributed by atoms with Gasteiger partial charge in [-0.15, -0.1) is 0 Å². The summed E-state index contributed by atoms with van der Waals surface area (Å²) in [7, 11) is 1.73. The summed E-state index contributed by atoms with van der Waals surface area (Å²) in [5.41, 5.74) is 5.97. The van der Waals surface area contributed by atoms with Crippen molar-refractivity contribution in [2.45, 2.75) is 39.5 Å². The van der Waals surface area contributed by atoms with Crippen LogP contribution in [-0.2, 0) is 0 Å². The van der Waals surface area contributed by atoms with Gasteiger partial charge < -0.3 is 9.15 Å². The Morgan fingerprint density at radius 2 is 1.45 bits per heavy atom. The largest absolute Gasteiger partial charge is 0.439 e. The molecule has 0 saturated heterocycles. The molecule has 0 amide bonds. The molecular formula is C27H28N2O2. The number of hydrogen-bond acceptors (Lipinski definition) is 4. The lowest BCUT2D eigenvalue weighted by atomic mass is 10.0. The van der Waals surface area contributed by atoms with Crippen molar-refractivity contribution in [1.29, 1.82) is 0 Å². The van der Waals surface area contributed by atoms with Crippen LogP contribution in [0.4, 0.5) is 0 Å². The fourth-order valence-corrected chi connectivity index (χ4v) is 3.46. The van der Waals surface area contributed by atoms with Gasteiger partial charge in [0.1, 0.15) is 11.3 Å². The molecule has 4 heteroatoms. The summed E-state index contributed by atoms with van der Waals surface area (Å²) in [6.45, 7) is 8.73. The van der Waals surface area contributed by atoms with Crippen molar-refractivity contribution in [1.82, 2.24) is 4.98 Å². The van der Waals surface area contributed by atoms with Gasteiger partial charge in [-0.3, -0.25) is 4.99 Å². The zero-order valence-corrected chi connectivity index (χ0v) is 18.7. The third kappa shape index (κ3) is 4.53. The molecule has 0 fully saturated rings. The highest BCUT2D eigenvalue weighted by molar-refractivity contribution is 5.96. The fraction of sp³-hybridized carbons (Fsp3) is 0.259. The molecule has 0 saturated carbocycles. The monoisotopic (exact) mass is 412 g/mol. The average molecular weight is 413 g/mol. The maximum absolute atomic E-state index is 6.08. The molecule has 0 aliphatic rings. The summed E-state index contributed by atoms with van der Waals surface area (Å²) in [6.07, 6.45) is 0. The van der Waals surface area contributed by atoms with Crippen LogP contribution >= 0.6 is 0 Å². The molecule has 4 aromatic rings. The SMILES string of the molecule is CN=C(Oc1ccc2nc(-c3ccc(C(C)C)cc3)oc2c1)c1ccc(C(C)C)cc1. The van der Waals surface area contributed by atoms with Crippen molar-refractivity contribution >= 4 is 17.0 Å². The number of aliphatic imine (C=N–C) groups is 1. The molecule has 1 aromatic heterocycles. The molecule has 0 unspecified atom stereocenters. The second kappa shape index (κ2) is 8.76. The molecule has 0 bridgehead atoms. The Labute approximate surface area is 183 Å². The zero-order valence-electron chi connectivity index (χ0n) is 18.7. The number of oxazole rings is 1. The van der Waals surface area contributed by atoms with Gasteiger partial charge in [0.15, 0.2) is 5.58 Å². The van der Waals surface area contributed by atoms with Crippen LogP contribution in [0.3, 0.4) is 0 Å². The van der Waals surface area contributed by atoms with E-state index in [1.54, 1.807) is 7.05 Å². The second-order valence-corrected chi connectivity index (χ2v) is 8.33. The van der Waals surface area contributed by atoms with Crippen LogP contribution in [0.15, 0.2) is 76.1 Å². The van der Waals surface area contributed by atoms with Crippen molar-refractivity contribution < 1.29 is 9.15 Å². The number of rotatable bonds is 5. The molecule has 0 atom stereocenters. The maximum Gasteiger partial charge on any atom is 0.227 e. The molecule has 4 rings (SSSR count). The van der Waals surface area contributed by atoms with E-state index in [4.69, 9.17) is 9.15 Å². The summed E-state index contributed by atoms with van der Waals surface area (Å²) >= 11 is 0. The molecule has 4 nitrogen and oxygen atoms in total. The number of hydrogen-bond donors (Lipinski definition) is 0. The molecule has 0 aliphatic carbocycles. The summed E-state index contributed by atoms with van der Waals surface area (Å²) in [5, 5.41) is 0. The van der Waals surface area contributed by atoms with Gasteiger partial charge in [0, 0.05) is 24.2 Å². The molecule has 0 spiro atoms. The molecule has 3 aromatic carbocycles. The Bertz CT molecular complexity index is 1200. The van der Waals surface area contributed by atoms with Gasteiger partial charge in [0.2, 0.25) is 11.8 Å². The summed E-state index contributed by atoms with van der Waals surface area (Å²) in [4.78, 5) is 8.96. The van der Waals surface area contributed by atoms with E-state index in [9.17, 15) is 0 Å². The summed E-state index contributed by atoms with van der Waals surface area (Å²) in [6, 6.07) is 22.3. The normalized spacial score (nSPS) is 12.2. The van der Waals surface area contributed by atoms with Crippen molar-refractivity contribution in [2.24, 2.45) is 4.99 Å². The quantitative estimate of drug-likeness (QED) is 0.257. The second-order valence-electron chi connectivity index (χ2n) is 8.33. The highest BCUT2D eigenvalue weighted by Crippen LogP contribution is 2.28. The van der Waals surface area contributed by atoms with Crippen LogP contribution < -0.4 is 4.74 Å². The van der Waals surface area contributed by atoms with E-state index in [-0.39, 0.29) is 0 Å². The lowest BCUT2D eigenvalue weighted by molar-refractivity contribution is 0.548. The standard InChI is InChI=1S/C27H28N2O2/c1-17(2)19-6-10-21(11-7-19)26(28-5)30-23-14-15-24-25(16-23)31-27(29-24)22-12-8-20(9-13-22)18(3)4/h6-18H,1-5H3. The lowest BCUT2D eigenvalue weighted by Crippen LogP contribution is -2.10. The summed E-state index contributed by atoms with van der Waals surface area (Å²) in [5.74, 6) is 2.82. The topological polar surface area (TPSA) is 47.6 Å². The third-order valence-corrected chi connectivity index (χ3v) is 5.43. The predicted molar refractivity (Wildman–Crippen MR) is 127 cm³/mol. The number of fused-ring (bicyclic) bond motifs is 1. The molecule has 31 heavy (non-hydrogen) atoms. The van der Waals surface area contributed by atoms with Gasteiger partial charge in [-0.25, -0.2) is 4.98 Å². The van der Waals surface area contributed by atoms with Crippen LogP contribution in [0.25, 0.3) is 22.6 Å². The zero-order chi connectivity index (χ0) is 22.0. The summed E-state index contributed by atoms with van der Waals surface area (Å²) < 4.78 is 12.1. The van der Waals surface area contributed by atoms with Crippen LogP contribution in [0.5, 0.6) is 5.75 Å². The van der Waals surface area contributed by atoms with Crippen LogP contribution in [0.1, 0.15) is 56.2 Å². The number of ether oxygens (including phenoxy) is 1. The Morgan fingerprint density at radius 3 is 2.03 bits per heavy atom. The smallest absolute Gasteiger partial charge is 0.227 e. The molecule has 0 radical (unpaired) electrons. The van der Waals surface area contributed by atoms with E-state index < -0.39 is 0 Å². The van der Waals surface area contributed by atoms with E-state index in [1.807, 2.05) is 30.3 Å². The maximum atomic E-state index is 6.08. The predicted octanol–water partition coefficient (Wildman–Crippen LogP) is 7.20. The minimum atomic E-state index is 0.488. The number of nitrogens with zero attached hydrogens (tertiary/aromatic N) is 2. The minimum Gasteiger partial charge on any atom is -0.439 e. The molecule has 158 valence electrons. The first-order valence-corrected chi connectivity index (χ1v) is 10.7. The first kappa shape index (κ1) is 20.9. The lowest BCUT2D eigenvalue weighted by Gasteiger charge is -2.10. The van der Waals surface area contributed by atoms with Crippen LogP contribution in [0, 0.1) is 0 Å². The Balaban J connectivity index is 1.57. The Hall–Kier alpha value is -3.40. The highest BCUT2D eigenvalue weighted by atomic mass is 16.5.